The van der Waals surface area contributed by atoms with Crippen molar-refractivity contribution in [3.05, 3.63) is 35.9 Å². The highest BCUT2D eigenvalue weighted by molar-refractivity contribution is 5.96. The monoisotopic (exact) mass is 262 g/mol. The van der Waals surface area contributed by atoms with Crippen LogP contribution in [0.2, 0.25) is 0 Å². The molecule has 0 bridgehead atoms. The Morgan fingerprint density at radius 1 is 1.11 bits per heavy atom. The second-order valence-electron chi connectivity index (χ2n) is 5.05. The van der Waals surface area contributed by atoms with Crippen LogP contribution in [0.25, 0.3) is 0 Å². The van der Waals surface area contributed by atoms with Gasteiger partial charge in [-0.05, 0) is 6.42 Å². The number of carbonyl (C=O) groups excluding carboxylic acids is 1. The van der Waals surface area contributed by atoms with E-state index in [-0.39, 0.29) is 11.9 Å². The molecule has 19 heavy (non-hydrogen) atoms. The molecule has 0 saturated carbocycles. The smallest absolute Gasteiger partial charge is 0.165 e. The van der Waals surface area contributed by atoms with Gasteiger partial charge in [0.1, 0.15) is 0 Å². The van der Waals surface area contributed by atoms with E-state index >= 15 is 0 Å². The minimum absolute atomic E-state index is 0.0642. The fourth-order valence-electron chi connectivity index (χ4n) is 2.23. The number of hydrogen-bond acceptors (Lipinski definition) is 2. The second-order valence-corrected chi connectivity index (χ2v) is 5.05. The maximum absolute atomic E-state index is 12.1. The number of hydrogen-bond donors (Lipinski definition) is 0. The molecule has 1 unspecified atom stereocenters. The number of ether oxygens (including phenoxy) is 1. The second kappa shape index (κ2) is 9.74. The third kappa shape index (κ3) is 6.53. The van der Waals surface area contributed by atoms with Crippen LogP contribution in [-0.2, 0) is 4.74 Å². The minimum Gasteiger partial charge on any atom is -0.381 e. The van der Waals surface area contributed by atoms with E-state index in [0.717, 1.165) is 18.4 Å². The maximum Gasteiger partial charge on any atom is 0.165 e. The molecule has 1 rings (SSSR count). The van der Waals surface area contributed by atoms with E-state index in [1.807, 2.05) is 30.3 Å². The molecule has 0 N–H and O–H groups in total. The molecule has 0 aliphatic rings. The van der Waals surface area contributed by atoms with E-state index in [1.54, 1.807) is 7.11 Å². The van der Waals surface area contributed by atoms with Crippen molar-refractivity contribution in [2.45, 2.75) is 58.0 Å². The lowest BCUT2D eigenvalue weighted by Crippen LogP contribution is -2.16. The van der Waals surface area contributed by atoms with Crippen LogP contribution in [0.4, 0.5) is 0 Å². The van der Waals surface area contributed by atoms with Gasteiger partial charge in [0.25, 0.3) is 0 Å². The average Bonchev–Trinajstić information content (AvgIpc) is 2.46. The molecule has 0 aliphatic carbocycles. The molecule has 0 fully saturated rings. The number of carbonyl (C=O) groups is 1. The zero-order valence-corrected chi connectivity index (χ0v) is 12.2. The highest BCUT2D eigenvalue weighted by atomic mass is 16.5. The Morgan fingerprint density at radius 2 is 1.79 bits per heavy atom. The summed E-state index contributed by atoms with van der Waals surface area (Å²) in [5.74, 6) is 0.181. The Kier molecular flexibility index (Phi) is 8.15. The van der Waals surface area contributed by atoms with Gasteiger partial charge in [-0.2, -0.15) is 0 Å². The Morgan fingerprint density at radius 3 is 2.42 bits per heavy atom. The molecule has 0 heterocycles. The van der Waals surface area contributed by atoms with Crippen LogP contribution in [0.5, 0.6) is 0 Å². The molecule has 2 nitrogen and oxygen atoms in total. The predicted molar refractivity (Wildman–Crippen MR) is 79.6 cm³/mol. The summed E-state index contributed by atoms with van der Waals surface area (Å²) < 4.78 is 5.43. The summed E-state index contributed by atoms with van der Waals surface area (Å²) in [6, 6.07) is 9.48. The lowest BCUT2D eigenvalue weighted by molar-refractivity contribution is 0.0687. The fraction of sp³-hybridized carbons (Fsp3) is 0.588. The van der Waals surface area contributed by atoms with Crippen LogP contribution in [0, 0.1) is 0 Å². The minimum atomic E-state index is 0.0642. The van der Waals surface area contributed by atoms with E-state index in [0.29, 0.717) is 6.42 Å². The first-order valence-corrected chi connectivity index (χ1v) is 7.39. The predicted octanol–water partition coefficient (Wildman–Crippen LogP) is 4.63. The van der Waals surface area contributed by atoms with Crippen LogP contribution in [0.3, 0.4) is 0 Å². The van der Waals surface area contributed by atoms with Crippen LogP contribution in [0.1, 0.15) is 62.2 Å². The summed E-state index contributed by atoms with van der Waals surface area (Å²) in [5, 5.41) is 0. The molecule has 0 aliphatic heterocycles. The summed E-state index contributed by atoms with van der Waals surface area (Å²) >= 11 is 0. The number of methoxy groups -OCH3 is 1. The summed E-state index contributed by atoms with van der Waals surface area (Å²) in [5.41, 5.74) is 0.788. The molecular formula is C17H26O2. The van der Waals surface area contributed by atoms with Gasteiger partial charge in [-0.25, -0.2) is 0 Å². The molecule has 106 valence electrons. The Labute approximate surface area is 117 Å². The Bertz CT molecular complexity index is 346. The van der Waals surface area contributed by atoms with E-state index < -0.39 is 0 Å². The number of ketones is 1. The number of Topliss-reactive ketones (excluding diaryl/α,β-unsaturated/α-hetero) is 1. The summed E-state index contributed by atoms with van der Waals surface area (Å²) in [4.78, 5) is 12.1. The molecule has 0 saturated heterocycles. The number of rotatable bonds is 10. The quantitative estimate of drug-likeness (QED) is 0.454. The molecule has 0 amide bonds. The zero-order chi connectivity index (χ0) is 13.9. The van der Waals surface area contributed by atoms with E-state index in [1.165, 1.54) is 25.7 Å². The number of unbranched alkanes of at least 4 members (excludes halogenated alkanes) is 4. The van der Waals surface area contributed by atoms with Gasteiger partial charge in [-0.15, -0.1) is 0 Å². The topological polar surface area (TPSA) is 26.3 Å². The molecular weight excluding hydrogens is 236 g/mol. The molecule has 0 aromatic heterocycles. The van der Waals surface area contributed by atoms with E-state index in [9.17, 15) is 4.79 Å². The highest BCUT2D eigenvalue weighted by Gasteiger charge is 2.14. The van der Waals surface area contributed by atoms with Gasteiger partial charge >= 0.3 is 0 Å². The van der Waals surface area contributed by atoms with Gasteiger partial charge < -0.3 is 4.74 Å². The van der Waals surface area contributed by atoms with Gasteiger partial charge in [0.05, 0.1) is 6.10 Å². The number of benzene rings is 1. The molecule has 0 spiro atoms. The standard InChI is InChI=1S/C17H26O2/c1-3-4-5-6-10-13-16(19-2)14-17(18)15-11-8-7-9-12-15/h7-9,11-12,16H,3-6,10,13-14H2,1-2H3. The summed E-state index contributed by atoms with van der Waals surface area (Å²) in [6.07, 6.45) is 7.80. The van der Waals surface area contributed by atoms with Gasteiger partial charge in [0.2, 0.25) is 0 Å². The first kappa shape index (κ1) is 15.9. The molecule has 1 aromatic carbocycles. The lowest BCUT2D eigenvalue weighted by atomic mass is 10.0. The van der Waals surface area contributed by atoms with Crippen molar-refractivity contribution in [1.82, 2.24) is 0 Å². The van der Waals surface area contributed by atoms with Gasteiger partial charge in [0.15, 0.2) is 5.78 Å². The van der Waals surface area contributed by atoms with Crippen LogP contribution < -0.4 is 0 Å². The highest BCUT2D eigenvalue weighted by Crippen LogP contribution is 2.14. The maximum atomic E-state index is 12.1. The lowest BCUT2D eigenvalue weighted by Gasteiger charge is -2.14. The van der Waals surface area contributed by atoms with Gasteiger partial charge in [-0.1, -0.05) is 69.4 Å². The fourth-order valence-corrected chi connectivity index (χ4v) is 2.23. The van der Waals surface area contributed by atoms with Crippen LogP contribution >= 0.6 is 0 Å². The average molecular weight is 262 g/mol. The van der Waals surface area contributed by atoms with Crippen molar-refractivity contribution < 1.29 is 9.53 Å². The van der Waals surface area contributed by atoms with Crippen molar-refractivity contribution in [3.8, 4) is 0 Å². The molecule has 1 aromatic rings. The molecule has 1 atom stereocenters. The first-order valence-electron chi connectivity index (χ1n) is 7.39. The van der Waals surface area contributed by atoms with Crippen molar-refractivity contribution in [3.63, 3.8) is 0 Å². The van der Waals surface area contributed by atoms with Crippen molar-refractivity contribution in [1.29, 1.82) is 0 Å². The van der Waals surface area contributed by atoms with Crippen molar-refractivity contribution in [2.24, 2.45) is 0 Å². The van der Waals surface area contributed by atoms with Crippen LogP contribution in [0.15, 0.2) is 30.3 Å². The van der Waals surface area contributed by atoms with E-state index in [2.05, 4.69) is 6.92 Å². The summed E-state index contributed by atoms with van der Waals surface area (Å²) in [7, 11) is 1.70. The molecule has 2 heteroatoms. The largest absolute Gasteiger partial charge is 0.381 e. The third-order valence-corrected chi connectivity index (χ3v) is 3.47. The van der Waals surface area contributed by atoms with Crippen LogP contribution in [-0.4, -0.2) is 19.0 Å². The zero-order valence-electron chi connectivity index (χ0n) is 12.2. The van der Waals surface area contributed by atoms with E-state index in [4.69, 9.17) is 4.74 Å². The first-order chi connectivity index (χ1) is 9.27. The van der Waals surface area contributed by atoms with Gasteiger partial charge in [0, 0.05) is 19.1 Å². The van der Waals surface area contributed by atoms with Gasteiger partial charge in [-0.3, -0.25) is 4.79 Å². The third-order valence-electron chi connectivity index (χ3n) is 3.47. The Hall–Kier alpha value is -1.15. The Balaban J connectivity index is 2.30. The normalized spacial score (nSPS) is 12.3. The van der Waals surface area contributed by atoms with Crippen molar-refractivity contribution in [2.75, 3.05) is 7.11 Å². The molecule has 0 radical (unpaired) electrons. The SMILES string of the molecule is CCCCCCCC(CC(=O)c1ccccc1)OC. The van der Waals surface area contributed by atoms with Crippen molar-refractivity contribution >= 4 is 5.78 Å². The summed E-state index contributed by atoms with van der Waals surface area (Å²) in [6.45, 7) is 2.22.